The number of benzene rings is 2. The molecule has 0 saturated carbocycles. The monoisotopic (exact) mass is 328 g/mol. The number of aromatic hydroxyl groups is 1. The highest BCUT2D eigenvalue weighted by molar-refractivity contribution is 5.31. The molecule has 0 fully saturated rings. The lowest BCUT2D eigenvalue weighted by Crippen LogP contribution is -2.13. The number of hydrogen-bond acceptors (Lipinski definition) is 3. The van der Waals surface area contributed by atoms with Crippen LogP contribution in [0.3, 0.4) is 0 Å². The first-order valence-electron chi connectivity index (χ1n) is 8.61. The van der Waals surface area contributed by atoms with Crippen molar-refractivity contribution in [1.29, 1.82) is 0 Å². The number of phenols is 1. The smallest absolute Gasteiger partial charge is 0.196 e. The molecule has 3 atom stereocenters. The molecule has 0 aromatic heterocycles. The highest BCUT2D eigenvalue weighted by atomic mass is 16.7. The second kappa shape index (κ2) is 8.74. The van der Waals surface area contributed by atoms with Gasteiger partial charge in [0, 0.05) is 7.11 Å². The Kier molecular flexibility index (Phi) is 6.68. The summed E-state index contributed by atoms with van der Waals surface area (Å²) in [7, 11) is 1.63. The van der Waals surface area contributed by atoms with Crippen molar-refractivity contribution in [3.63, 3.8) is 0 Å². The zero-order valence-corrected chi connectivity index (χ0v) is 15.0. The van der Waals surface area contributed by atoms with Crippen LogP contribution in [0.15, 0.2) is 48.5 Å². The molecule has 130 valence electrons. The Hall–Kier alpha value is -2.00. The number of methoxy groups -OCH3 is 1. The molecule has 0 amide bonds. The molecule has 2 rings (SSSR count). The van der Waals surface area contributed by atoms with Crippen molar-refractivity contribution in [3.8, 4) is 11.5 Å². The van der Waals surface area contributed by atoms with Crippen LogP contribution in [0.2, 0.25) is 0 Å². The maximum absolute atomic E-state index is 9.46. The Labute approximate surface area is 145 Å². The fraction of sp³-hybridized carbons (Fsp3) is 0.429. The fourth-order valence-electron chi connectivity index (χ4n) is 2.96. The van der Waals surface area contributed by atoms with Gasteiger partial charge in [-0.2, -0.15) is 0 Å². The molecular weight excluding hydrogens is 300 g/mol. The maximum atomic E-state index is 9.46. The van der Waals surface area contributed by atoms with Gasteiger partial charge in [0.15, 0.2) is 6.29 Å². The van der Waals surface area contributed by atoms with E-state index in [0.29, 0.717) is 17.6 Å². The average molecular weight is 328 g/mol. The number of rotatable bonds is 8. The minimum atomic E-state index is -0.243. The van der Waals surface area contributed by atoms with Gasteiger partial charge in [-0.1, -0.05) is 38.1 Å². The molecule has 3 heteroatoms. The van der Waals surface area contributed by atoms with Gasteiger partial charge in [-0.15, -0.1) is 0 Å². The summed E-state index contributed by atoms with van der Waals surface area (Å²) in [5.41, 5.74) is 2.60. The van der Waals surface area contributed by atoms with Crippen LogP contribution in [0, 0.1) is 0 Å². The van der Waals surface area contributed by atoms with Gasteiger partial charge in [0.1, 0.15) is 11.5 Å². The summed E-state index contributed by atoms with van der Waals surface area (Å²) in [6, 6.07) is 15.9. The highest BCUT2D eigenvalue weighted by Gasteiger charge is 2.15. The van der Waals surface area contributed by atoms with Gasteiger partial charge < -0.3 is 14.6 Å². The fourth-order valence-corrected chi connectivity index (χ4v) is 2.96. The summed E-state index contributed by atoms with van der Waals surface area (Å²) in [5, 5.41) is 9.46. The zero-order valence-electron chi connectivity index (χ0n) is 15.0. The Morgan fingerprint density at radius 1 is 0.917 bits per heavy atom. The van der Waals surface area contributed by atoms with Crippen LogP contribution < -0.4 is 4.74 Å². The SMILES string of the molecule is CCC(CC(C)c1ccc(OC(C)OC)cc1)c1ccc(O)cc1. The van der Waals surface area contributed by atoms with E-state index in [1.54, 1.807) is 19.2 Å². The van der Waals surface area contributed by atoms with E-state index < -0.39 is 0 Å². The van der Waals surface area contributed by atoms with Crippen LogP contribution in [0.1, 0.15) is 56.6 Å². The van der Waals surface area contributed by atoms with Gasteiger partial charge in [0.25, 0.3) is 0 Å². The number of phenolic OH excluding ortho intramolecular Hbond substituents is 1. The van der Waals surface area contributed by atoms with Crippen molar-refractivity contribution in [2.45, 2.75) is 51.7 Å². The molecule has 0 bridgehead atoms. The van der Waals surface area contributed by atoms with Gasteiger partial charge in [-0.3, -0.25) is 0 Å². The first-order chi connectivity index (χ1) is 11.5. The molecule has 2 aromatic carbocycles. The summed E-state index contributed by atoms with van der Waals surface area (Å²) in [5.74, 6) is 2.09. The highest BCUT2D eigenvalue weighted by Crippen LogP contribution is 2.33. The molecule has 0 heterocycles. The van der Waals surface area contributed by atoms with Crippen LogP contribution in [0.4, 0.5) is 0 Å². The molecule has 3 nitrogen and oxygen atoms in total. The van der Waals surface area contributed by atoms with E-state index in [-0.39, 0.29) is 6.29 Å². The summed E-state index contributed by atoms with van der Waals surface area (Å²) < 4.78 is 10.8. The molecule has 2 aromatic rings. The molecule has 1 N–H and O–H groups in total. The summed E-state index contributed by atoms with van der Waals surface area (Å²) >= 11 is 0. The quantitative estimate of drug-likeness (QED) is 0.655. The summed E-state index contributed by atoms with van der Waals surface area (Å²) in [6.07, 6.45) is 1.92. The first kappa shape index (κ1) is 18.3. The van der Waals surface area contributed by atoms with Crippen LogP contribution in [0.25, 0.3) is 0 Å². The van der Waals surface area contributed by atoms with Crippen molar-refractivity contribution in [2.75, 3.05) is 7.11 Å². The molecule has 0 aliphatic rings. The largest absolute Gasteiger partial charge is 0.508 e. The standard InChI is InChI=1S/C21H28O3/c1-5-17(19-6-10-20(22)11-7-19)14-15(2)18-8-12-21(13-9-18)24-16(3)23-4/h6-13,15-17,22H,5,14H2,1-4H3. The van der Waals surface area contributed by atoms with Gasteiger partial charge in [0.05, 0.1) is 0 Å². The van der Waals surface area contributed by atoms with Crippen molar-refractivity contribution >= 4 is 0 Å². The minimum absolute atomic E-state index is 0.243. The van der Waals surface area contributed by atoms with Gasteiger partial charge >= 0.3 is 0 Å². The van der Waals surface area contributed by atoms with E-state index in [1.165, 1.54) is 11.1 Å². The number of ether oxygens (including phenoxy) is 2. The third-order valence-electron chi connectivity index (χ3n) is 4.58. The van der Waals surface area contributed by atoms with Gasteiger partial charge in [-0.25, -0.2) is 0 Å². The van der Waals surface area contributed by atoms with E-state index in [0.717, 1.165) is 18.6 Å². The van der Waals surface area contributed by atoms with Crippen LogP contribution >= 0.6 is 0 Å². The Morgan fingerprint density at radius 3 is 2.04 bits per heavy atom. The molecule has 0 spiro atoms. The van der Waals surface area contributed by atoms with Gasteiger partial charge in [-0.05, 0) is 67.0 Å². The molecule has 0 radical (unpaired) electrons. The predicted octanol–water partition coefficient (Wildman–Crippen LogP) is 5.45. The first-order valence-corrected chi connectivity index (χ1v) is 8.61. The molecule has 0 aliphatic carbocycles. The van der Waals surface area contributed by atoms with E-state index in [4.69, 9.17) is 9.47 Å². The van der Waals surface area contributed by atoms with E-state index in [9.17, 15) is 5.11 Å². The predicted molar refractivity (Wildman–Crippen MR) is 97.7 cm³/mol. The van der Waals surface area contributed by atoms with E-state index >= 15 is 0 Å². The van der Waals surface area contributed by atoms with Crippen molar-refractivity contribution in [2.24, 2.45) is 0 Å². The van der Waals surface area contributed by atoms with E-state index in [1.807, 2.05) is 31.2 Å². The maximum Gasteiger partial charge on any atom is 0.196 e. The molecule has 24 heavy (non-hydrogen) atoms. The minimum Gasteiger partial charge on any atom is -0.508 e. The Balaban J connectivity index is 2.02. The lowest BCUT2D eigenvalue weighted by atomic mass is 9.84. The number of hydrogen-bond donors (Lipinski definition) is 1. The summed E-state index contributed by atoms with van der Waals surface area (Å²) in [6.45, 7) is 6.35. The Bertz CT molecular complexity index is 604. The second-order valence-electron chi connectivity index (χ2n) is 6.32. The lowest BCUT2D eigenvalue weighted by Gasteiger charge is -2.21. The lowest BCUT2D eigenvalue weighted by molar-refractivity contribution is -0.0382. The van der Waals surface area contributed by atoms with Crippen molar-refractivity contribution in [1.82, 2.24) is 0 Å². The van der Waals surface area contributed by atoms with Gasteiger partial charge in [0.2, 0.25) is 0 Å². The van der Waals surface area contributed by atoms with Crippen molar-refractivity contribution in [3.05, 3.63) is 59.7 Å². The molecule has 3 unspecified atom stereocenters. The summed E-state index contributed by atoms with van der Waals surface area (Å²) in [4.78, 5) is 0. The topological polar surface area (TPSA) is 38.7 Å². The molecule has 0 aliphatic heterocycles. The third kappa shape index (κ3) is 5.00. The van der Waals surface area contributed by atoms with Crippen LogP contribution in [0.5, 0.6) is 11.5 Å². The third-order valence-corrected chi connectivity index (χ3v) is 4.58. The van der Waals surface area contributed by atoms with Crippen LogP contribution in [-0.2, 0) is 4.74 Å². The van der Waals surface area contributed by atoms with Crippen LogP contribution in [-0.4, -0.2) is 18.5 Å². The van der Waals surface area contributed by atoms with E-state index in [2.05, 4.69) is 26.0 Å². The average Bonchev–Trinajstić information content (AvgIpc) is 2.60. The zero-order chi connectivity index (χ0) is 17.5. The normalized spacial score (nSPS) is 14.8. The second-order valence-corrected chi connectivity index (χ2v) is 6.32. The molecule has 0 saturated heterocycles. The Morgan fingerprint density at radius 2 is 1.50 bits per heavy atom. The molecular formula is C21H28O3. The van der Waals surface area contributed by atoms with Crippen molar-refractivity contribution < 1.29 is 14.6 Å².